The zero-order chi connectivity index (χ0) is 13.6. The maximum atomic E-state index is 12.0. The molecule has 2 aromatic rings. The quantitative estimate of drug-likeness (QED) is 0.891. The summed E-state index contributed by atoms with van der Waals surface area (Å²) >= 11 is 0. The Morgan fingerprint density at radius 1 is 1.16 bits per heavy atom. The molecule has 19 heavy (non-hydrogen) atoms. The van der Waals surface area contributed by atoms with Crippen LogP contribution in [0.15, 0.2) is 23.0 Å². The summed E-state index contributed by atoms with van der Waals surface area (Å²) in [7, 11) is 3.65. The first kappa shape index (κ1) is 12.5. The van der Waals surface area contributed by atoms with E-state index in [9.17, 15) is 4.79 Å². The van der Waals surface area contributed by atoms with E-state index >= 15 is 0 Å². The van der Waals surface area contributed by atoms with Gasteiger partial charge in [0.05, 0.1) is 11.0 Å². The lowest BCUT2D eigenvalue weighted by Gasteiger charge is -2.28. The van der Waals surface area contributed by atoms with Crippen molar-refractivity contribution in [3.05, 3.63) is 34.2 Å². The van der Waals surface area contributed by atoms with Crippen molar-refractivity contribution in [2.24, 2.45) is 19.8 Å². The molecule has 0 saturated heterocycles. The Morgan fingerprint density at radius 3 is 2.42 bits per heavy atom. The van der Waals surface area contributed by atoms with Crippen molar-refractivity contribution in [1.29, 1.82) is 0 Å². The van der Waals surface area contributed by atoms with E-state index < -0.39 is 0 Å². The van der Waals surface area contributed by atoms with E-state index in [0.29, 0.717) is 6.54 Å². The molecule has 4 heteroatoms. The lowest BCUT2D eigenvalue weighted by atomic mass is 9.79. The van der Waals surface area contributed by atoms with Crippen LogP contribution in [0.4, 0.5) is 0 Å². The minimum absolute atomic E-state index is 0.0281. The Balaban J connectivity index is 2.22. The van der Waals surface area contributed by atoms with Crippen LogP contribution in [0, 0.1) is 0 Å². The van der Waals surface area contributed by atoms with Gasteiger partial charge in [-0.3, -0.25) is 9.13 Å². The van der Waals surface area contributed by atoms with Crippen LogP contribution in [-0.4, -0.2) is 15.7 Å². The van der Waals surface area contributed by atoms with E-state index in [4.69, 9.17) is 5.73 Å². The van der Waals surface area contributed by atoms with Gasteiger partial charge in [0.2, 0.25) is 0 Å². The minimum Gasteiger partial charge on any atom is -0.330 e. The Labute approximate surface area is 112 Å². The van der Waals surface area contributed by atoms with Crippen LogP contribution in [-0.2, 0) is 19.5 Å². The fourth-order valence-corrected chi connectivity index (χ4v) is 3.50. The van der Waals surface area contributed by atoms with Gasteiger partial charge >= 0.3 is 5.69 Å². The van der Waals surface area contributed by atoms with E-state index in [0.717, 1.165) is 23.9 Å². The molecule has 0 spiro atoms. The highest BCUT2D eigenvalue weighted by Gasteiger charge is 2.34. The molecule has 0 aliphatic heterocycles. The van der Waals surface area contributed by atoms with Crippen LogP contribution in [0.1, 0.15) is 31.2 Å². The normalized spacial score (nSPS) is 18.3. The molecule has 0 atom stereocenters. The van der Waals surface area contributed by atoms with E-state index in [2.05, 4.69) is 18.2 Å². The Hall–Kier alpha value is -1.55. The van der Waals surface area contributed by atoms with Crippen molar-refractivity contribution in [3.8, 4) is 0 Å². The first-order valence-electron chi connectivity index (χ1n) is 6.95. The molecule has 3 rings (SSSR count). The third-order valence-corrected chi connectivity index (χ3v) is 4.84. The number of hydrogen-bond donors (Lipinski definition) is 1. The Kier molecular flexibility index (Phi) is 2.78. The van der Waals surface area contributed by atoms with Gasteiger partial charge in [0.1, 0.15) is 0 Å². The highest BCUT2D eigenvalue weighted by atomic mass is 16.1. The summed E-state index contributed by atoms with van der Waals surface area (Å²) in [5.41, 5.74) is 9.48. The van der Waals surface area contributed by atoms with Crippen LogP contribution in [0.3, 0.4) is 0 Å². The van der Waals surface area contributed by atoms with Crippen molar-refractivity contribution < 1.29 is 0 Å². The zero-order valence-electron chi connectivity index (χ0n) is 11.6. The van der Waals surface area contributed by atoms with Gasteiger partial charge in [-0.2, -0.15) is 0 Å². The van der Waals surface area contributed by atoms with Crippen LogP contribution >= 0.6 is 0 Å². The van der Waals surface area contributed by atoms with Gasteiger partial charge in [0, 0.05) is 26.1 Å². The molecule has 102 valence electrons. The number of rotatable bonds is 2. The average Bonchev–Trinajstić information content (AvgIpc) is 3.01. The molecule has 2 N–H and O–H groups in total. The van der Waals surface area contributed by atoms with E-state index in [1.165, 1.54) is 18.4 Å². The van der Waals surface area contributed by atoms with Gasteiger partial charge in [-0.1, -0.05) is 18.9 Å². The number of benzene rings is 1. The van der Waals surface area contributed by atoms with Crippen LogP contribution < -0.4 is 11.4 Å². The number of nitrogens with two attached hydrogens (primary N) is 1. The number of fused-ring (bicyclic) bond motifs is 1. The molecule has 4 nitrogen and oxygen atoms in total. The monoisotopic (exact) mass is 259 g/mol. The molecular formula is C15H21N3O. The molecule has 1 heterocycles. The summed E-state index contributed by atoms with van der Waals surface area (Å²) in [6.45, 7) is 0.694. The lowest BCUT2D eigenvalue weighted by Crippen LogP contribution is -2.31. The number of imidazole rings is 1. The van der Waals surface area contributed by atoms with E-state index in [1.54, 1.807) is 9.13 Å². The molecule has 0 radical (unpaired) electrons. The number of nitrogens with zero attached hydrogens (tertiary/aromatic N) is 2. The second kappa shape index (κ2) is 4.23. The van der Waals surface area contributed by atoms with Gasteiger partial charge in [-0.25, -0.2) is 4.79 Å². The first-order chi connectivity index (χ1) is 9.09. The summed E-state index contributed by atoms with van der Waals surface area (Å²) in [5, 5.41) is 0. The van der Waals surface area contributed by atoms with Gasteiger partial charge in [0.25, 0.3) is 0 Å². The van der Waals surface area contributed by atoms with E-state index in [-0.39, 0.29) is 11.1 Å². The minimum atomic E-state index is 0.0281. The third kappa shape index (κ3) is 1.66. The topological polar surface area (TPSA) is 53.0 Å². The fourth-order valence-electron chi connectivity index (χ4n) is 3.50. The standard InChI is InChI=1S/C15H21N3O/c1-17-12-6-5-11(9-13(12)18(2)14(17)19)15(10-16)7-3-4-8-15/h5-6,9H,3-4,7-8,10,16H2,1-2H3. The fraction of sp³-hybridized carbons (Fsp3) is 0.533. The van der Waals surface area contributed by atoms with Crippen molar-refractivity contribution >= 4 is 11.0 Å². The van der Waals surface area contributed by atoms with Crippen LogP contribution in [0.5, 0.6) is 0 Å². The molecule has 1 saturated carbocycles. The predicted octanol–water partition coefficient (Wildman–Crippen LogP) is 1.65. The van der Waals surface area contributed by atoms with Crippen LogP contribution in [0.2, 0.25) is 0 Å². The smallest absolute Gasteiger partial charge is 0.328 e. The number of aromatic nitrogens is 2. The third-order valence-electron chi connectivity index (χ3n) is 4.84. The van der Waals surface area contributed by atoms with Gasteiger partial charge in [0.15, 0.2) is 0 Å². The average molecular weight is 259 g/mol. The molecule has 0 bridgehead atoms. The SMILES string of the molecule is Cn1c(=O)n(C)c2cc(C3(CN)CCCC3)ccc21. The maximum absolute atomic E-state index is 12.0. The summed E-state index contributed by atoms with van der Waals surface area (Å²) in [6, 6.07) is 6.37. The first-order valence-corrected chi connectivity index (χ1v) is 6.95. The predicted molar refractivity (Wildman–Crippen MR) is 77.4 cm³/mol. The highest BCUT2D eigenvalue weighted by molar-refractivity contribution is 5.77. The molecule has 1 aliphatic carbocycles. The molecule has 1 fully saturated rings. The van der Waals surface area contributed by atoms with Gasteiger partial charge < -0.3 is 5.73 Å². The highest BCUT2D eigenvalue weighted by Crippen LogP contribution is 2.40. The number of aryl methyl sites for hydroxylation is 2. The van der Waals surface area contributed by atoms with Crippen molar-refractivity contribution in [3.63, 3.8) is 0 Å². The molecule has 1 aliphatic rings. The van der Waals surface area contributed by atoms with Crippen molar-refractivity contribution in [2.45, 2.75) is 31.1 Å². The van der Waals surface area contributed by atoms with Crippen molar-refractivity contribution in [2.75, 3.05) is 6.54 Å². The van der Waals surface area contributed by atoms with Gasteiger partial charge in [-0.05, 0) is 30.5 Å². The molecular weight excluding hydrogens is 238 g/mol. The van der Waals surface area contributed by atoms with E-state index in [1.807, 2.05) is 14.1 Å². The summed E-state index contributed by atoms with van der Waals surface area (Å²) in [4.78, 5) is 12.0. The summed E-state index contributed by atoms with van der Waals surface area (Å²) in [5.74, 6) is 0. The van der Waals surface area contributed by atoms with Gasteiger partial charge in [-0.15, -0.1) is 0 Å². The lowest BCUT2D eigenvalue weighted by molar-refractivity contribution is 0.453. The van der Waals surface area contributed by atoms with Crippen molar-refractivity contribution in [1.82, 2.24) is 9.13 Å². The van der Waals surface area contributed by atoms with Crippen LogP contribution in [0.25, 0.3) is 11.0 Å². The largest absolute Gasteiger partial charge is 0.330 e. The zero-order valence-corrected chi connectivity index (χ0v) is 11.6. The Morgan fingerprint density at radius 2 is 1.79 bits per heavy atom. The molecule has 1 aromatic heterocycles. The number of hydrogen-bond acceptors (Lipinski definition) is 2. The maximum Gasteiger partial charge on any atom is 0.328 e. The summed E-state index contributed by atoms with van der Waals surface area (Å²) < 4.78 is 3.42. The molecule has 0 amide bonds. The molecule has 1 aromatic carbocycles. The summed E-state index contributed by atoms with van der Waals surface area (Å²) in [6.07, 6.45) is 4.83. The molecule has 0 unspecified atom stereocenters. The second-order valence-electron chi connectivity index (χ2n) is 5.80. The second-order valence-corrected chi connectivity index (χ2v) is 5.80. The Bertz CT molecular complexity index is 674.